The molecule has 0 radical (unpaired) electrons. The number of hydrogen-bond donors (Lipinski definition) is 1. The third-order valence-electron chi connectivity index (χ3n) is 5.04. The number of carbonyl (C=O) groups is 2. The Kier molecular flexibility index (Phi) is 6.70. The molecule has 0 spiro atoms. The molecule has 8 heteroatoms. The third-order valence-corrected chi connectivity index (χ3v) is 6.12. The second-order valence-electron chi connectivity index (χ2n) is 7.39. The van der Waals surface area contributed by atoms with Crippen LogP contribution in [0.25, 0.3) is 11.1 Å². The standard InChI is InChI=1S/C24H22FN3O3S/c1-16(29)27-13-20-14-28(24(30)31-20)19-4-7-22(23(25)12-19)18-2-5-21(6-3-18)32-15-17-8-10-26-11-9-17/h2-12,20H,13-15H2,1H3,(H,27,29)/t20-/m0/s1. The van der Waals surface area contributed by atoms with Gasteiger partial charge < -0.3 is 10.1 Å². The van der Waals surface area contributed by atoms with Crippen LogP contribution in [0.2, 0.25) is 0 Å². The van der Waals surface area contributed by atoms with Gasteiger partial charge in [0.25, 0.3) is 0 Å². The zero-order valence-corrected chi connectivity index (χ0v) is 18.3. The van der Waals surface area contributed by atoms with Crippen molar-refractivity contribution in [3.8, 4) is 11.1 Å². The van der Waals surface area contributed by atoms with Gasteiger partial charge in [0, 0.05) is 35.5 Å². The zero-order chi connectivity index (χ0) is 22.5. The molecule has 1 aromatic heterocycles. The number of amides is 2. The van der Waals surface area contributed by atoms with Crippen molar-refractivity contribution in [2.45, 2.75) is 23.7 Å². The van der Waals surface area contributed by atoms with E-state index in [4.69, 9.17) is 4.74 Å². The summed E-state index contributed by atoms with van der Waals surface area (Å²) in [6, 6.07) is 16.4. The lowest BCUT2D eigenvalue weighted by Crippen LogP contribution is -2.33. The molecule has 164 valence electrons. The molecule has 1 fully saturated rings. The lowest BCUT2D eigenvalue weighted by molar-refractivity contribution is -0.119. The number of benzene rings is 2. The number of ether oxygens (including phenoxy) is 1. The fourth-order valence-corrected chi connectivity index (χ4v) is 4.23. The van der Waals surface area contributed by atoms with E-state index in [9.17, 15) is 14.0 Å². The molecule has 0 saturated carbocycles. The average molecular weight is 452 g/mol. The monoisotopic (exact) mass is 451 g/mol. The molecule has 1 atom stereocenters. The highest BCUT2D eigenvalue weighted by Gasteiger charge is 2.32. The van der Waals surface area contributed by atoms with Gasteiger partial charge in [0.05, 0.1) is 18.8 Å². The molecule has 1 aliphatic rings. The number of cyclic esters (lactones) is 1. The minimum atomic E-state index is -0.553. The Hall–Kier alpha value is -3.39. The van der Waals surface area contributed by atoms with E-state index in [-0.39, 0.29) is 19.0 Å². The fourth-order valence-electron chi connectivity index (χ4n) is 3.38. The zero-order valence-electron chi connectivity index (χ0n) is 17.5. The number of pyridine rings is 1. The summed E-state index contributed by atoms with van der Waals surface area (Å²) in [4.78, 5) is 29.7. The third kappa shape index (κ3) is 5.26. The van der Waals surface area contributed by atoms with Gasteiger partial charge in [-0.1, -0.05) is 12.1 Å². The summed E-state index contributed by atoms with van der Waals surface area (Å²) >= 11 is 1.70. The summed E-state index contributed by atoms with van der Waals surface area (Å²) in [7, 11) is 0. The Morgan fingerprint density at radius 1 is 1.19 bits per heavy atom. The number of rotatable bonds is 7. The molecule has 0 bridgehead atoms. The van der Waals surface area contributed by atoms with Crippen LogP contribution in [0.3, 0.4) is 0 Å². The van der Waals surface area contributed by atoms with Crippen LogP contribution < -0.4 is 10.2 Å². The number of anilines is 1. The van der Waals surface area contributed by atoms with E-state index >= 15 is 0 Å². The molecule has 2 aromatic carbocycles. The SMILES string of the molecule is CC(=O)NC[C@H]1CN(c2ccc(-c3ccc(SCc4ccncc4)cc3)c(F)c2)C(=O)O1. The fraction of sp³-hybridized carbons (Fsp3) is 0.208. The number of aromatic nitrogens is 1. The molecule has 2 heterocycles. The maximum absolute atomic E-state index is 14.9. The topological polar surface area (TPSA) is 71.5 Å². The Labute approximate surface area is 189 Å². The van der Waals surface area contributed by atoms with Gasteiger partial charge in [-0.15, -0.1) is 11.8 Å². The Balaban J connectivity index is 1.42. The van der Waals surface area contributed by atoms with Crippen molar-refractivity contribution in [3.05, 3.63) is 78.4 Å². The van der Waals surface area contributed by atoms with Gasteiger partial charge >= 0.3 is 6.09 Å². The van der Waals surface area contributed by atoms with Crippen molar-refractivity contribution in [1.29, 1.82) is 0 Å². The maximum atomic E-state index is 14.9. The quantitative estimate of drug-likeness (QED) is 0.530. The van der Waals surface area contributed by atoms with Crippen LogP contribution in [0.15, 0.2) is 71.9 Å². The largest absolute Gasteiger partial charge is 0.442 e. The van der Waals surface area contributed by atoms with E-state index in [2.05, 4.69) is 10.3 Å². The molecule has 0 unspecified atom stereocenters. The highest BCUT2D eigenvalue weighted by molar-refractivity contribution is 7.98. The smallest absolute Gasteiger partial charge is 0.414 e. The number of nitrogens with zero attached hydrogens (tertiary/aromatic N) is 2. The van der Waals surface area contributed by atoms with Crippen molar-refractivity contribution in [2.75, 3.05) is 18.0 Å². The van der Waals surface area contributed by atoms with Gasteiger partial charge in [-0.3, -0.25) is 14.7 Å². The molecule has 6 nitrogen and oxygen atoms in total. The van der Waals surface area contributed by atoms with Crippen molar-refractivity contribution in [2.24, 2.45) is 0 Å². The Morgan fingerprint density at radius 3 is 2.62 bits per heavy atom. The molecule has 1 N–H and O–H groups in total. The number of halogens is 1. The van der Waals surface area contributed by atoms with Gasteiger partial charge in [0.15, 0.2) is 0 Å². The van der Waals surface area contributed by atoms with Crippen LogP contribution in [-0.2, 0) is 15.3 Å². The average Bonchev–Trinajstić information content (AvgIpc) is 3.18. The number of carbonyl (C=O) groups excluding carboxylic acids is 2. The molecule has 4 rings (SSSR count). The van der Waals surface area contributed by atoms with Crippen LogP contribution >= 0.6 is 11.8 Å². The normalized spacial score (nSPS) is 15.5. The molecule has 32 heavy (non-hydrogen) atoms. The summed E-state index contributed by atoms with van der Waals surface area (Å²) < 4.78 is 20.1. The number of nitrogens with one attached hydrogen (secondary N) is 1. The van der Waals surface area contributed by atoms with Crippen molar-refractivity contribution in [3.63, 3.8) is 0 Å². The second kappa shape index (κ2) is 9.82. The first-order chi connectivity index (χ1) is 15.5. The molecule has 1 aliphatic heterocycles. The summed E-state index contributed by atoms with van der Waals surface area (Å²) in [6.07, 6.45) is 2.53. The minimum Gasteiger partial charge on any atom is -0.442 e. The summed E-state index contributed by atoms with van der Waals surface area (Å²) in [5, 5.41) is 2.62. The Bertz CT molecular complexity index is 1110. The molecule has 2 amide bonds. The predicted octanol–water partition coefficient (Wildman–Crippen LogP) is 4.64. The van der Waals surface area contributed by atoms with Gasteiger partial charge in [0.1, 0.15) is 11.9 Å². The van der Waals surface area contributed by atoms with E-state index in [1.807, 2.05) is 36.4 Å². The van der Waals surface area contributed by atoms with Crippen LogP contribution in [0.4, 0.5) is 14.9 Å². The van der Waals surface area contributed by atoms with Gasteiger partial charge in [-0.25, -0.2) is 9.18 Å². The molecule has 1 saturated heterocycles. The van der Waals surface area contributed by atoms with Crippen LogP contribution in [0.5, 0.6) is 0 Å². The number of hydrogen-bond acceptors (Lipinski definition) is 5. The predicted molar refractivity (Wildman–Crippen MR) is 122 cm³/mol. The van der Waals surface area contributed by atoms with Crippen molar-refractivity contribution >= 4 is 29.4 Å². The van der Waals surface area contributed by atoms with E-state index in [1.165, 1.54) is 23.5 Å². The van der Waals surface area contributed by atoms with E-state index in [1.54, 1.807) is 36.3 Å². The van der Waals surface area contributed by atoms with Gasteiger partial charge in [0.2, 0.25) is 5.91 Å². The van der Waals surface area contributed by atoms with Crippen molar-refractivity contribution < 1.29 is 18.7 Å². The number of thioether (sulfide) groups is 1. The van der Waals surface area contributed by atoms with Gasteiger partial charge in [-0.2, -0.15) is 0 Å². The summed E-state index contributed by atoms with van der Waals surface area (Å²) in [5.41, 5.74) is 2.83. The molecular formula is C24H22FN3O3S. The first-order valence-electron chi connectivity index (χ1n) is 10.1. The minimum absolute atomic E-state index is 0.198. The van der Waals surface area contributed by atoms with Crippen LogP contribution in [0, 0.1) is 5.82 Å². The maximum Gasteiger partial charge on any atom is 0.414 e. The van der Waals surface area contributed by atoms with Crippen LogP contribution in [0.1, 0.15) is 12.5 Å². The first kappa shape index (κ1) is 21.8. The van der Waals surface area contributed by atoms with E-state index < -0.39 is 18.0 Å². The highest BCUT2D eigenvalue weighted by Crippen LogP contribution is 2.31. The lowest BCUT2D eigenvalue weighted by atomic mass is 10.0. The van der Waals surface area contributed by atoms with Crippen LogP contribution in [-0.4, -0.2) is 36.2 Å². The van der Waals surface area contributed by atoms with Crippen molar-refractivity contribution in [1.82, 2.24) is 10.3 Å². The first-order valence-corrected chi connectivity index (χ1v) is 11.1. The molecule has 3 aromatic rings. The molecular weight excluding hydrogens is 429 g/mol. The Morgan fingerprint density at radius 2 is 1.94 bits per heavy atom. The summed E-state index contributed by atoms with van der Waals surface area (Å²) in [5.74, 6) is 0.217. The van der Waals surface area contributed by atoms with Gasteiger partial charge in [-0.05, 0) is 53.6 Å². The summed E-state index contributed by atoms with van der Waals surface area (Å²) in [6.45, 7) is 1.87. The lowest BCUT2D eigenvalue weighted by Gasteiger charge is -2.14. The van der Waals surface area contributed by atoms with E-state index in [0.717, 1.165) is 16.2 Å². The molecule has 0 aliphatic carbocycles. The highest BCUT2D eigenvalue weighted by atomic mass is 32.2. The second-order valence-corrected chi connectivity index (χ2v) is 8.43. The van der Waals surface area contributed by atoms with E-state index in [0.29, 0.717) is 11.3 Å².